The second-order valence-corrected chi connectivity index (χ2v) is 16.2. The van der Waals surface area contributed by atoms with Gasteiger partial charge in [0, 0.05) is 0 Å². The van der Waals surface area contributed by atoms with Crippen molar-refractivity contribution in [2.24, 2.45) is 5.92 Å². The molecule has 3 nitrogen and oxygen atoms in total. The minimum absolute atomic E-state index is 0.172. The number of nitrogens with one attached hydrogen (secondary N) is 1. The molecule has 1 N–H and O–H groups in total. The summed E-state index contributed by atoms with van der Waals surface area (Å²) >= 11 is -1.23. The maximum atomic E-state index is 12.3. The molecule has 0 unspecified atom stereocenters. The molecule has 3 heterocycles. The van der Waals surface area contributed by atoms with Gasteiger partial charge in [0.1, 0.15) is 0 Å². The summed E-state index contributed by atoms with van der Waals surface area (Å²) in [4.78, 5) is 24.7. The number of imide groups is 1. The van der Waals surface area contributed by atoms with Gasteiger partial charge >= 0.3 is 154 Å². The second kappa shape index (κ2) is 5.80. The van der Waals surface area contributed by atoms with E-state index >= 15 is 0 Å². The van der Waals surface area contributed by atoms with E-state index in [1.54, 1.807) is 3.33 Å². The quantitative estimate of drug-likeness (QED) is 0.718. The Kier molecular flexibility index (Phi) is 3.71. The molecule has 1 aromatic rings. The number of amides is 2. The first-order valence-electron chi connectivity index (χ1n) is 8.83. The van der Waals surface area contributed by atoms with Gasteiger partial charge in [0.25, 0.3) is 0 Å². The Hall–Kier alpha value is -0.940. The van der Waals surface area contributed by atoms with Gasteiger partial charge in [0.15, 0.2) is 0 Å². The summed E-state index contributed by atoms with van der Waals surface area (Å²) in [6.45, 7) is 0. The van der Waals surface area contributed by atoms with Gasteiger partial charge < -0.3 is 0 Å². The predicted molar refractivity (Wildman–Crippen MR) is 99.0 cm³/mol. The third-order valence-electron chi connectivity index (χ3n) is 5.84. The van der Waals surface area contributed by atoms with E-state index in [0.717, 1.165) is 17.7 Å². The van der Waals surface area contributed by atoms with Gasteiger partial charge in [0.05, 0.1) is 0 Å². The van der Waals surface area contributed by atoms with Gasteiger partial charge in [-0.1, -0.05) is 0 Å². The number of carbonyl (C=O) groups is 2. The van der Waals surface area contributed by atoms with E-state index in [1.165, 1.54) is 56.3 Å². The Labute approximate surface area is 153 Å². The zero-order valence-corrected chi connectivity index (χ0v) is 17.5. The van der Waals surface area contributed by atoms with Crippen LogP contribution < -0.4 is 8.64 Å². The molecule has 24 heavy (non-hydrogen) atoms. The molecule has 4 aliphatic rings. The predicted octanol–water partition coefficient (Wildman–Crippen LogP) is 3.54. The summed E-state index contributed by atoms with van der Waals surface area (Å²) in [5.41, 5.74) is 2.62. The van der Waals surface area contributed by atoms with Crippen LogP contribution in [0.1, 0.15) is 49.7 Å². The summed E-state index contributed by atoms with van der Waals surface area (Å²) in [6.07, 6.45) is 10.5. The van der Waals surface area contributed by atoms with E-state index in [9.17, 15) is 9.59 Å². The Bertz CT molecular complexity index is 836. The van der Waals surface area contributed by atoms with Crippen LogP contribution in [0.25, 0.3) is 9.41 Å². The summed E-state index contributed by atoms with van der Waals surface area (Å²) in [5, 5.41) is 2.24. The zero-order chi connectivity index (χ0) is 16.3. The average molecular weight is 439 g/mol. The summed E-state index contributed by atoms with van der Waals surface area (Å²) < 4.78 is 4.48. The molecule has 4 bridgehead atoms. The first-order valence-corrected chi connectivity index (χ1v) is 14.6. The van der Waals surface area contributed by atoms with Crippen molar-refractivity contribution in [3.05, 3.63) is 37.6 Å². The molecule has 0 radical (unpaired) electrons. The number of rotatable bonds is 2. The topological polar surface area (TPSA) is 46.2 Å². The van der Waals surface area contributed by atoms with Crippen molar-refractivity contribution in [2.75, 3.05) is 0 Å². The first-order chi connectivity index (χ1) is 11.7. The van der Waals surface area contributed by atoms with Crippen molar-refractivity contribution in [3.8, 4) is 0 Å². The van der Waals surface area contributed by atoms with Gasteiger partial charge in [-0.25, -0.2) is 0 Å². The van der Waals surface area contributed by atoms with Crippen LogP contribution >= 0.6 is 11.8 Å². The van der Waals surface area contributed by atoms with Gasteiger partial charge in [0.2, 0.25) is 0 Å². The molecule has 1 saturated carbocycles. The normalized spacial score (nSPS) is 25.5. The molecule has 1 saturated heterocycles. The van der Waals surface area contributed by atoms with Crippen molar-refractivity contribution >= 4 is 57.1 Å². The molecule has 0 aromatic heterocycles. The summed E-state index contributed by atoms with van der Waals surface area (Å²) in [6, 6.07) is 6.54. The van der Waals surface area contributed by atoms with Gasteiger partial charge in [-0.3, -0.25) is 0 Å². The molecule has 1 aromatic carbocycles. The van der Waals surface area contributed by atoms with Crippen LogP contribution in [0, 0.1) is 5.92 Å². The van der Waals surface area contributed by atoms with Crippen LogP contribution in [0.2, 0.25) is 0 Å². The Morgan fingerprint density at radius 2 is 2.00 bits per heavy atom. The number of carbonyl (C=O) groups excluding carboxylic acids is 2. The Balaban J connectivity index is 1.55. The third kappa shape index (κ3) is 2.27. The standard InChI is InChI=1S/C19H18NO2S.In/c21-18-17(23-19(22)20-18)13-16-11-5-4-10-15(16)12-6-9-14-7-2-1-3-8-14;/h4-5,11-12,14H,1-3,7-9H2,(H,20,21,22);. The fourth-order valence-corrected chi connectivity index (χ4v) is 17.7. The van der Waals surface area contributed by atoms with E-state index in [-0.39, 0.29) is 11.1 Å². The second-order valence-electron chi connectivity index (χ2n) is 7.26. The molecule has 5 rings (SSSR count). The van der Waals surface area contributed by atoms with Crippen molar-refractivity contribution in [1.29, 1.82) is 0 Å². The molecule has 3 aliphatic heterocycles. The monoisotopic (exact) mass is 439 g/mol. The molecule has 1 aliphatic carbocycles. The summed E-state index contributed by atoms with van der Waals surface area (Å²) in [5.74, 6) is 0.659. The molecule has 0 atom stereocenters. The SMILES string of the molecule is O=C1NC(=O)/C(=[C]2\c3ccc[c]4c3C=[C](CC3CCCCC3)[In]24)S1. The molecular weight excluding hydrogens is 421 g/mol. The fourth-order valence-electron chi connectivity index (χ4n) is 4.84. The number of hydrogen-bond acceptors (Lipinski definition) is 3. The van der Waals surface area contributed by atoms with E-state index in [4.69, 9.17) is 0 Å². The number of thioether (sulfide) groups is 1. The molecule has 0 spiro atoms. The first kappa shape index (κ1) is 15.3. The average Bonchev–Trinajstić information content (AvgIpc) is 3.14. The van der Waals surface area contributed by atoms with Crippen LogP contribution in [-0.2, 0) is 4.79 Å². The molecular formula is C19H18InNO2S. The van der Waals surface area contributed by atoms with Crippen LogP contribution in [0.5, 0.6) is 0 Å². The zero-order valence-electron chi connectivity index (χ0n) is 13.4. The molecule has 5 heteroatoms. The molecule has 120 valence electrons. The summed E-state index contributed by atoms with van der Waals surface area (Å²) in [7, 11) is 0. The molecule has 2 fully saturated rings. The Morgan fingerprint density at radius 1 is 1.17 bits per heavy atom. The van der Waals surface area contributed by atoms with Crippen molar-refractivity contribution in [2.45, 2.75) is 38.5 Å². The van der Waals surface area contributed by atoms with Crippen LogP contribution in [0.3, 0.4) is 0 Å². The van der Waals surface area contributed by atoms with Crippen LogP contribution in [0.15, 0.2) is 26.4 Å². The van der Waals surface area contributed by atoms with Gasteiger partial charge in [-0.05, 0) is 0 Å². The van der Waals surface area contributed by atoms with Crippen molar-refractivity contribution in [1.82, 2.24) is 5.32 Å². The van der Waals surface area contributed by atoms with Crippen molar-refractivity contribution in [3.63, 3.8) is 0 Å². The van der Waals surface area contributed by atoms with E-state index < -0.39 is 21.4 Å². The fraction of sp³-hybridized carbons (Fsp3) is 0.368. The Morgan fingerprint density at radius 3 is 2.71 bits per heavy atom. The molecule has 2 amide bonds. The number of hydrogen-bond donors (Lipinski definition) is 1. The van der Waals surface area contributed by atoms with Gasteiger partial charge in [-0.2, -0.15) is 0 Å². The number of allylic oxidation sites excluding steroid dienone is 1. The third-order valence-corrected chi connectivity index (χ3v) is 17.2. The van der Waals surface area contributed by atoms with Crippen LogP contribution in [-0.4, -0.2) is 32.6 Å². The van der Waals surface area contributed by atoms with E-state index in [1.807, 2.05) is 0 Å². The van der Waals surface area contributed by atoms with Crippen LogP contribution in [0.4, 0.5) is 4.79 Å². The van der Waals surface area contributed by atoms with Gasteiger partial charge in [-0.15, -0.1) is 0 Å². The van der Waals surface area contributed by atoms with E-state index in [0.29, 0.717) is 4.91 Å². The number of benzene rings is 1. The van der Waals surface area contributed by atoms with E-state index in [2.05, 4.69) is 29.6 Å². The van der Waals surface area contributed by atoms with Crippen molar-refractivity contribution < 1.29 is 9.59 Å². The minimum atomic E-state index is -2.35. The maximum absolute atomic E-state index is 12.3.